The van der Waals surface area contributed by atoms with Gasteiger partial charge in [-0.2, -0.15) is 0 Å². The van der Waals surface area contributed by atoms with Crippen LogP contribution in [-0.4, -0.2) is 13.8 Å². The van der Waals surface area contributed by atoms with Crippen LogP contribution in [0.3, 0.4) is 0 Å². The minimum absolute atomic E-state index is 0.431. The Hall–Kier alpha value is -2.37. The van der Waals surface area contributed by atoms with Crippen molar-refractivity contribution >= 4 is 0 Å². The third kappa shape index (κ3) is 3.59. The predicted octanol–water partition coefficient (Wildman–Crippen LogP) is 4.88. The number of alkyl halides is 1. The number of halogens is 11. The molecule has 0 saturated heterocycles. The summed E-state index contributed by atoms with van der Waals surface area (Å²) in [6.07, 6.45) is 0. The summed E-state index contributed by atoms with van der Waals surface area (Å²) in [5.74, 6) is -26.6. The van der Waals surface area contributed by atoms with Crippen LogP contribution >= 0.6 is 0 Å². The van der Waals surface area contributed by atoms with Gasteiger partial charge >= 0.3 is 0 Å². The molecule has 0 aromatic heterocycles. The van der Waals surface area contributed by atoms with Gasteiger partial charge in [0.2, 0.25) is 11.6 Å². The first kappa shape index (κ1) is 21.7. The lowest BCUT2D eigenvalue weighted by Gasteiger charge is -2.11. The van der Waals surface area contributed by atoms with Gasteiger partial charge in [-0.15, -0.1) is 0 Å². The molecule has 2 aromatic rings. The van der Waals surface area contributed by atoms with E-state index in [1.54, 1.807) is 7.05 Å². The second-order valence-electron chi connectivity index (χ2n) is 4.38. The molecule has 144 valence electrons. The molecule has 2 aromatic carbocycles. The summed E-state index contributed by atoms with van der Waals surface area (Å²) < 4.78 is 142. The van der Waals surface area contributed by atoms with Crippen molar-refractivity contribution in [3.63, 3.8) is 0 Å². The van der Waals surface area contributed by atoms with Gasteiger partial charge in [-0.25, -0.2) is 48.3 Å². The Bertz CT molecular complexity index is 707. The van der Waals surface area contributed by atoms with Crippen LogP contribution in [0.15, 0.2) is 0 Å². The Morgan fingerprint density at radius 2 is 0.615 bits per heavy atom. The predicted molar refractivity (Wildman–Crippen MR) is 66.5 cm³/mol. The van der Waals surface area contributed by atoms with E-state index in [2.05, 4.69) is 5.32 Å². The molecule has 26 heavy (non-hydrogen) atoms. The lowest BCUT2D eigenvalue weighted by Crippen LogP contribution is -2.10. The Labute approximate surface area is 138 Å². The fraction of sp³-hybridized carbons (Fsp3) is 0.143. The van der Waals surface area contributed by atoms with E-state index >= 15 is 0 Å². The van der Waals surface area contributed by atoms with Crippen molar-refractivity contribution in [2.75, 3.05) is 13.8 Å². The van der Waals surface area contributed by atoms with Crippen molar-refractivity contribution in [2.45, 2.75) is 0 Å². The van der Waals surface area contributed by atoms with Gasteiger partial charge in [0.05, 0.1) is 11.1 Å². The standard InChI is InChI=1S/C12F10.C2H6FN/c13-3-1(4(14)8(18)11(21)7(3)17)2-5(15)9(19)12(22)10(20)6(2)16;1-4-2-3/h;4H,2H2,1H3. The first-order chi connectivity index (χ1) is 12.0. The average Bonchev–Trinajstić information content (AvgIpc) is 2.64. The molecule has 0 amide bonds. The van der Waals surface area contributed by atoms with E-state index in [0.29, 0.717) is 0 Å². The zero-order valence-electron chi connectivity index (χ0n) is 12.4. The van der Waals surface area contributed by atoms with Crippen LogP contribution in [0, 0.1) is 58.2 Å². The molecule has 0 atom stereocenters. The normalized spacial score (nSPS) is 10.6. The maximum Gasteiger partial charge on any atom is 0.200 e. The summed E-state index contributed by atoms with van der Waals surface area (Å²) in [7, 11) is 1.56. The van der Waals surface area contributed by atoms with Crippen molar-refractivity contribution in [1.82, 2.24) is 5.32 Å². The van der Waals surface area contributed by atoms with Crippen LogP contribution in [0.2, 0.25) is 0 Å². The molecule has 1 N–H and O–H groups in total. The van der Waals surface area contributed by atoms with Gasteiger partial charge < -0.3 is 0 Å². The van der Waals surface area contributed by atoms with Crippen molar-refractivity contribution in [2.24, 2.45) is 0 Å². The summed E-state index contributed by atoms with van der Waals surface area (Å²) in [4.78, 5) is 0. The number of nitrogens with one attached hydrogen (secondary N) is 1. The van der Waals surface area contributed by atoms with Gasteiger partial charge in [-0.05, 0) is 7.05 Å². The molecule has 0 aliphatic carbocycles. The SMILES string of the molecule is CNCF.Fc1c(F)c(F)c(-c2c(F)c(F)c(F)c(F)c2F)c(F)c1F. The van der Waals surface area contributed by atoms with Crippen molar-refractivity contribution in [3.8, 4) is 11.1 Å². The maximum absolute atomic E-state index is 13.4. The second kappa shape index (κ2) is 8.34. The second-order valence-corrected chi connectivity index (χ2v) is 4.38. The summed E-state index contributed by atoms with van der Waals surface area (Å²) >= 11 is 0. The smallest absolute Gasteiger partial charge is 0.200 e. The fourth-order valence-electron chi connectivity index (χ4n) is 1.65. The number of hydrogen-bond acceptors (Lipinski definition) is 1. The van der Waals surface area contributed by atoms with Crippen LogP contribution < -0.4 is 5.32 Å². The summed E-state index contributed by atoms with van der Waals surface area (Å²) in [5.41, 5.74) is -4.52. The topological polar surface area (TPSA) is 12.0 Å². The maximum atomic E-state index is 13.4. The first-order valence-corrected chi connectivity index (χ1v) is 6.26. The monoisotopic (exact) mass is 397 g/mol. The van der Waals surface area contributed by atoms with Gasteiger partial charge in [-0.3, -0.25) is 5.32 Å². The molecule has 2 rings (SSSR count). The van der Waals surface area contributed by atoms with Crippen LogP contribution in [-0.2, 0) is 0 Å². The van der Waals surface area contributed by atoms with E-state index in [-0.39, 0.29) is 0 Å². The van der Waals surface area contributed by atoms with Gasteiger partial charge in [0, 0.05) is 0 Å². The summed E-state index contributed by atoms with van der Waals surface area (Å²) in [6, 6.07) is 0. The van der Waals surface area contributed by atoms with E-state index < -0.39 is 76.1 Å². The highest BCUT2D eigenvalue weighted by Crippen LogP contribution is 2.37. The number of rotatable bonds is 2. The van der Waals surface area contributed by atoms with E-state index in [4.69, 9.17) is 0 Å². The van der Waals surface area contributed by atoms with Crippen LogP contribution in [0.25, 0.3) is 11.1 Å². The molecule has 12 heteroatoms. The number of hydrogen-bond donors (Lipinski definition) is 1. The highest BCUT2D eigenvalue weighted by molar-refractivity contribution is 5.67. The van der Waals surface area contributed by atoms with E-state index in [1.165, 1.54) is 0 Å². The van der Waals surface area contributed by atoms with Crippen LogP contribution in [0.5, 0.6) is 0 Å². The molecule has 0 bridgehead atoms. The quantitative estimate of drug-likeness (QED) is 0.330. The lowest BCUT2D eigenvalue weighted by atomic mass is 10.0. The molecule has 0 aliphatic rings. The van der Waals surface area contributed by atoms with Crippen LogP contribution in [0.1, 0.15) is 0 Å². The Kier molecular flexibility index (Phi) is 6.95. The van der Waals surface area contributed by atoms with Gasteiger partial charge in [0.15, 0.2) is 46.5 Å². The largest absolute Gasteiger partial charge is 0.293 e. The highest BCUT2D eigenvalue weighted by Gasteiger charge is 2.34. The summed E-state index contributed by atoms with van der Waals surface area (Å²) in [5, 5.41) is 2.26. The van der Waals surface area contributed by atoms with Crippen molar-refractivity contribution in [3.05, 3.63) is 58.2 Å². The lowest BCUT2D eigenvalue weighted by molar-refractivity contribution is 0.370. The number of benzene rings is 2. The van der Waals surface area contributed by atoms with Gasteiger partial charge in [0.25, 0.3) is 0 Å². The third-order valence-corrected chi connectivity index (χ3v) is 2.80. The van der Waals surface area contributed by atoms with Crippen molar-refractivity contribution < 1.29 is 48.3 Å². The molecule has 0 radical (unpaired) electrons. The molecule has 0 heterocycles. The molecule has 1 nitrogen and oxygen atoms in total. The molecule has 0 unspecified atom stereocenters. The molecular weight excluding hydrogens is 391 g/mol. The minimum Gasteiger partial charge on any atom is -0.293 e. The average molecular weight is 397 g/mol. The zero-order chi connectivity index (χ0) is 20.3. The Balaban J connectivity index is 0.000000765. The van der Waals surface area contributed by atoms with Crippen molar-refractivity contribution in [1.29, 1.82) is 0 Å². The summed E-state index contributed by atoms with van der Waals surface area (Å²) in [6.45, 7) is -0.431. The first-order valence-electron chi connectivity index (χ1n) is 6.26. The molecule has 0 aliphatic heterocycles. The Morgan fingerprint density at radius 1 is 0.462 bits per heavy atom. The highest BCUT2D eigenvalue weighted by atomic mass is 19.2. The third-order valence-electron chi connectivity index (χ3n) is 2.80. The van der Waals surface area contributed by atoms with E-state index in [0.717, 1.165) is 0 Å². The van der Waals surface area contributed by atoms with E-state index in [9.17, 15) is 48.3 Å². The van der Waals surface area contributed by atoms with Gasteiger partial charge in [0.1, 0.15) is 6.80 Å². The van der Waals surface area contributed by atoms with Gasteiger partial charge in [-0.1, -0.05) is 0 Å². The molecule has 0 saturated carbocycles. The van der Waals surface area contributed by atoms with E-state index in [1.807, 2.05) is 0 Å². The van der Waals surface area contributed by atoms with Crippen LogP contribution in [0.4, 0.5) is 48.3 Å². The zero-order valence-corrected chi connectivity index (χ0v) is 12.4. The Morgan fingerprint density at radius 3 is 0.769 bits per heavy atom. The fourth-order valence-corrected chi connectivity index (χ4v) is 1.65. The molecule has 0 spiro atoms. The minimum atomic E-state index is -2.68. The molecule has 0 fully saturated rings. The molecular formula is C14H6F11N.